The van der Waals surface area contributed by atoms with Crippen LogP contribution in [-0.2, 0) is 22.1 Å². The third-order valence-corrected chi connectivity index (χ3v) is 6.98. The highest BCUT2D eigenvalue weighted by Crippen LogP contribution is 2.39. The predicted octanol–water partition coefficient (Wildman–Crippen LogP) is 7.56. The van der Waals surface area contributed by atoms with E-state index in [0.717, 1.165) is 43.1 Å². The third kappa shape index (κ3) is 9.49. The number of aromatic nitrogens is 2. The van der Waals surface area contributed by atoms with E-state index in [0.29, 0.717) is 23.3 Å². The summed E-state index contributed by atoms with van der Waals surface area (Å²) in [4.78, 5) is 32.7. The van der Waals surface area contributed by atoms with Crippen LogP contribution < -0.4 is 10.2 Å². The number of carboxylic acids is 1. The first-order chi connectivity index (χ1) is 19.6. The van der Waals surface area contributed by atoms with Crippen molar-refractivity contribution in [2.45, 2.75) is 64.5 Å². The number of benzene rings is 1. The number of carbonyl (C=O) groups excluding carboxylic acids is 1. The standard InChI is InChI=1S/C28H32F4N4O4S/c1-2-3-4-5-6-7-9-19-11-12-21(16-22(19)28(30,31)32)36(27(39)40-18-34-15-13-23(37)38)26-35-24(25(29)41-26)20-10-8-14-33-17-20/h8,10-12,14,16-17,34H,2-7,9,13,15,18H2,1H3,(H,37,38). The molecule has 13 heteroatoms. The maximum atomic E-state index is 14.9. The number of nitrogens with one attached hydrogen (secondary N) is 1. The van der Waals surface area contributed by atoms with Gasteiger partial charge in [0.05, 0.1) is 17.7 Å². The van der Waals surface area contributed by atoms with Crippen LogP contribution in [0.1, 0.15) is 63.0 Å². The van der Waals surface area contributed by atoms with Gasteiger partial charge < -0.3 is 9.84 Å². The summed E-state index contributed by atoms with van der Waals surface area (Å²) in [5, 5.41) is 10.4. The van der Waals surface area contributed by atoms with E-state index >= 15 is 0 Å². The summed E-state index contributed by atoms with van der Waals surface area (Å²) in [6, 6.07) is 6.64. The van der Waals surface area contributed by atoms with Crippen molar-refractivity contribution in [3.05, 3.63) is 59.0 Å². The number of alkyl halides is 3. The number of halogens is 4. The number of carbonyl (C=O) groups is 2. The summed E-state index contributed by atoms with van der Waals surface area (Å²) in [6.07, 6.45) is 2.57. The second kappa shape index (κ2) is 15.4. The van der Waals surface area contributed by atoms with Gasteiger partial charge in [-0.15, -0.1) is 0 Å². The van der Waals surface area contributed by atoms with Crippen molar-refractivity contribution in [3.63, 3.8) is 0 Å². The summed E-state index contributed by atoms with van der Waals surface area (Å²) in [7, 11) is 0. The maximum Gasteiger partial charge on any atom is 0.422 e. The number of aryl methyl sites for hydroxylation is 1. The molecule has 41 heavy (non-hydrogen) atoms. The van der Waals surface area contributed by atoms with Crippen LogP contribution in [0.25, 0.3) is 11.3 Å². The fourth-order valence-corrected chi connectivity index (χ4v) is 4.92. The summed E-state index contributed by atoms with van der Waals surface area (Å²) in [6.45, 7) is 1.66. The zero-order valence-corrected chi connectivity index (χ0v) is 23.4. The van der Waals surface area contributed by atoms with E-state index in [2.05, 4.69) is 22.2 Å². The first-order valence-electron chi connectivity index (χ1n) is 13.3. The van der Waals surface area contributed by atoms with E-state index in [1.807, 2.05) is 0 Å². The van der Waals surface area contributed by atoms with Crippen molar-refractivity contribution in [2.24, 2.45) is 0 Å². The highest BCUT2D eigenvalue weighted by atomic mass is 32.1. The molecule has 2 aromatic heterocycles. The number of hydrogen-bond acceptors (Lipinski definition) is 7. The highest BCUT2D eigenvalue weighted by molar-refractivity contribution is 7.14. The Morgan fingerprint density at radius 1 is 1.12 bits per heavy atom. The van der Waals surface area contributed by atoms with Gasteiger partial charge in [0, 0.05) is 24.5 Å². The van der Waals surface area contributed by atoms with Gasteiger partial charge >= 0.3 is 18.2 Å². The minimum Gasteiger partial charge on any atom is -0.481 e. The second-order valence-electron chi connectivity index (χ2n) is 9.25. The average Bonchev–Trinajstić information content (AvgIpc) is 3.31. The number of amides is 1. The van der Waals surface area contributed by atoms with E-state index in [-0.39, 0.29) is 41.5 Å². The lowest BCUT2D eigenvalue weighted by Crippen LogP contribution is -2.31. The van der Waals surface area contributed by atoms with Crippen LogP contribution in [0.2, 0.25) is 0 Å². The summed E-state index contributed by atoms with van der Waals surface area (Å²) < 4.78 is 62.5. The number of ether oxygens (including phenoxy) is 1. The van der Waals surface area contributed by atoms with Crippen LogP contribution in [0.3, 0.4) is 0 Å². The molecule has 2 N–H and O–H groups in total. The van der Waals surface area contributed by atoms with Gasteiger partial charge in [-0.1, -0.05) is 56.4 Å². The molecule has 2 heterocycles. The fraction of sp³-hybridized carbons (Fsp3) is 0.429. The largest absolute Gasteiger partial charge is 0.481 e. The number of hydrogen-bond donors (Lipinski definition) is 2. The normalized spacial score (nSPS) is 11.4. The van der Waals surface area contributed by atoms with Crippen molar-refractivity contribution in [3.8, 4) is 11.3 Å². The SMILES string of the molecule is CCCCCCCCc1ccc(N(C(=O)OCNCCC(=O)O)c2nc(-c3cccnc3)c(F)s2)cc1C(F)(F)F. The number of nitrogens with zero attached hydrogens (tertiary/aromatic N) is 3. The molecule has 0 aliphatic rings. The molecule has 222 valence electrons. The minimum absolute atomic E-state index is 0.00892. The van der Waals surface area contributed by atoms with Gasteiger partial charge in [0.2, 0.25) is 10.3 Å². The number of carboxylic acid groups (broad SMARTS) is 1. The lowest BCUT2D eigenvalue weighted by Gasteiger charge is -2.22. The zero-order valence-electron chi connectivity index (χ0n) is 22.5. The molecule has 0 unspecified atom stereocenters. The van der Waals surface area contributed by atoms with Crippen molar-refractivity contribution in [1.29, 1.82) is 0 Å². The molecule has 0 radical (unpaired) electrons. The number of thiazole rings is 1. The predicted molar refractivity (Wildman–Crippen MR) is 148 cm³/mol. The van der Waals surface area contributed by atoms with Gasteiger partial charge in [0.25, 0.3) is 0 Å². The molecule has 1 aromatic carbocycles. The molecule has 3 aromatic rings. The molecule has 0 aliphatic heterocycles. The van der Waals surface area contributed by atoms with Gasteiger partial charge in [-0.05, 0) is 42.7 Å². The molecule has 1 amide bonds. The minimum atomic E-state index is -4.70. The van der Waals surface area contributed by atoms with Crippen LogP contribution in [0.4, 0.5) is 33.2 Å². The number of unbranched alkanes of at least 4 members (excludes halogenated alkanes) is 5. The summed E-state index contributed by atoms with van der Waals surface area (Å²) in [5.41, 5.74) is -0.800. The molecule has 0 saturated heterocycles. The van der Waals surface area contributed by atoms with Gasteiger partial charge in [-0.3, -0.25) is 15.1 Å². The van der Waals surface area contributed by atoms with E-state index < -0.39 is 35.7 Å². The molecule has 0 aliphatic carbocycles. The van der Waals surface area contributed by atoms with Crippen LogP contribution in [0, 0.1) is 5.13 Å². The molecular weight excluding hydrogens is 564 g/mol. The van der Waals surface area contributed by atoms with Gasteiger partial charge in [-0.2, -0.15) is 17.6 Å². The van der Waals surface area contributed by atoms with Crippen LogP contribution in [0.15, 0.2) is 42.7 Å². The Hall–Kier alpha value is -3.58. The Balaban J connectivity index is 1.92. The van der Waals surface area contributed by atoms with Crippen LogP contribution in [0.5, 0.6) is 0 Å². The van der Waals surface area contributed by atoms with E-state index in [4.69, 9.17) is 9.84 Å². The average molecular weight is 597 g/mol. The monoisotopic (exact) mass is 596 g/mol. The number of pyridine rings is 1. The smallest absolute Gasteiger partial charge is 0.422 e. The third-order valence-electron chi connectivity index (χ3n) is 6.15. The number of rotatable bonds is 15. The second-order valence-corrected chi connectivity index (χ2v) is 10.2. The lowest BCUT2D eigenvalue weighted by molar-refractivity contribution is -0.138. The van der Waals surface area contributed by atoms with E-state index in [1.165, 1.54) is 24.5 Å². The molecule has 0 fully saturated rings. The highest BCUT2D eigenvalue weighted by Gasteiger charge is 2.35. The Morgan fingerprint density at radius 3 is 2.56 bits per heavy atom. The molecule has 8 nitrogen and oxygen atoms in total. The number of anilines is 2. The summed E-state index contributed by atoms with van der Waals surface area (Å²) in [5.74, 6) is -1.06. The maximum absolute atomic E-state index is 14.9. The van der Waals surface area contributed by atoms with Gasteiger partial charge in [0.15, 0.2) is 0 Å². The molecule has 3 rings (SSSR count). The van der Waals surface area contributed by atoms with Crippen molar-refractivity contribution in [1.82, 2.24) is 15.3 Å². The Kier molecular flexibility index (Phi) is 12.0. The van der Waals surface area contributed by atoms with Crippen molar-refractivity contribution < 1.29 is 37.0 Å². The molecule has 0 atom stereocenters. The van der Waals surface area contributed by atoms with Gasteiger partial charge in [0.1, 0.15) is 12.4 Å². The van der Waals surface area contributed by atoms with Crippen molar-refractivity contribution in [2.75, 3.05) is 18.2 Å². The van der Waals surface area contributed by atoms with E-state index in [1.54, 1.807) is 12.1 Å². The Labute approximate surface area is 239 Å². The molecule has 0 bridgehead atoms. The molecular formula is C28H32F4N4O4S. The van der Waals surface area contributed by atoms with Crippen molar-refractivity contribution >= 4 is 34.2 Å². The van der Waals surface area contributed by atoms with Crippen LogP contribution >= 0.6 is 11.3 Å². The first-order valence-corrected chi connectivity index (χ1v) is 14.1. The zero-order chi connectivity index (χ0) is 29.8. The van der Waals surface area contributed by atoms with Crippen LogP contribution in [-0.4, -0.2) is 40.4 Å². The number of aliphatic carboxylic acids is 1. The quantitative estimate of drug-likeness (QED) is 0.106. The lowest BCUT2D eigenvalue weighted by atomic mass is 9.99. The topological polar surface area (TPSA) is 105 Å². The Morgan fingerprint density at radius 2 is 1.88 bits per heavy atom. The molecule has 0 saturated carbocycles. The first kappa shape index (κ1) is 31.9. The van der Waals surface area contributed by atoms with Gasteiger partial charge in [-0.25, -0.2) is 14.7 Å². The Bertz CT molecular complexity index is 1290. The molecule has 0 spiro atoms. The van der Waals surface area contributed by atoms with E-state index in [9.17, 15) is 27.2 Å². The fourth-order valence-electron chi connectivity index (χ4n) is 4.09. The summed E-state index contributed by atoms with van der Waals surface area (Å²) >= 11 is 0.469.